The van der Waals surface area contributed by atoms with Crippen molar-refractivity contribution >= 4 is 42.4 Å². The van der Waals surface area contributed by atoms with Gasteiger partial charge in [-0.3, -0.25) is 14.4 Å². The molecule has 1 N–H and O–H groups in total. The number of fused-ring (bicyclic) bond motifs is 2. The minimum Gasteiger partial charge on any atom is -0.497 e. The number of aliphatic hydroxyl groups is 1. The Morgan fingerprint density at radius 3 is 2.33 bits per heavy atom. The maximum Gasteiger partial charge on any atom is 0.264 e. The molecule has 0 aliphatic carbocycles. The molecule has 3 aromatic rings. The number of hydrogen-bond donors (Lipinski definition) is 1. The molecule has 4 aliphatic rings. The van der Waals surface area contributed by atoms with Crippen LogP contribution in [0, 0.1) is 5.92 Å². The maximum absolute atomic E-state index is 15.2. The highest BCUT2D eigenvalue weighted by Crippen LogP contribution is 2.60. The van der Waals surface area contributed by atoms with Gasteiger partial charge in [0, 0.05) is 36.7 Å². The molecule has 0 unspecified atom stereocenters. The summed E-state index contributed by atoms with van der Waals surface area (Å²) in [7, 11) is 0.807. The number of rotatable bonds is 10. The molecule has 3 aromatic carbocycles. The molecule has 4 heterocycles. The van der Waals surface area contributed by atoms with E-state index in [9.17, 15) is 14.7 Å². The van der Waals surface area contributed by atoms with Gasteiger partial charge in [0.25, 0.3) is 5.91 Å². The van der Waals surface area contributed by atoms with Gasteiger partial charge in [-0.25, -0.2) is 0 Å². The van der Waals surface area contributed by atoms with Gasteiger partial charge in [0.15, 0.2) is 5.60 Å². The average Bonchev–Trinajstić information content (AvgIpc) is 3.82. The minimum absolute atomic E-state index is 0.0456. The van der Waals surface area contributed by atoms with Crippen molar-refractivity contribution in [1.29, 1.82) is 0 Å². The molecule has 4 aliphatic heterocycles. The molecule has 0 aromatic heterocycles. The zero-order valence-electron chi connectivity index (χ0n) is 31.0. The highest BCUT2D eigenvalue weighted by Gasteiger charge is 2.66. The second-order valence-electron chi connectivity index (χ2n) is 15.4. The number of benzene rings is 3. The molecule has 7 rings (SSSR count). The van der Waals surface area contributed by atoms with Gasteiger partial charge in [-0.2, -0.15) is 0 Å². The Kier molecular flexibility index (Phi) is 9.96. The van der Waals surface area contributed by atoms with E-state index in [-0.39, 0.29) is 48.3 Å². The van der Waals surface area contributed by atoms with Crippen LogP contribution in [-0.4, -0.2) is 81.9 Å². The molecule has 276 valence electrons. The monoisotopic (exact) mass is 725 g/mol. The first-order valence-corrected chi connectivity index (χ1v) is 21.7. The summed E-state index contributed by atoms with van der Waals surface area (Å²) in [6.07, 6.45) is 3.71. The van der Waals surface area contributed by atoms with E-state index in [2.05, 4.69) is 32.2 Å². The minimum atomic E-state index is -2.47. The Balaban J connectivity index is 1.27. The molecule has 10 nitrogen and oxygen atoms in total. The SMILES string of the molecule is COc1ccc([Si](C)(C)[C@@H]2[C@@H](CC(=O)N3CCC[C@H]3CO)O[C@]3(C(=O)N(Cc4ccc(N5CCCCC5=O)cc4)c4ccc(OC)cc43)[C@H]2C)cc1. The Morgan fingerprint density at radius 1 is 0.942 bits per heavy atom. The topological polar surface area (TPSA) is 109 Å². The Hall–Kier alpha value is -4.19. The molecular weight excluding hydrogens is 675 g/mol. The fourth-order valence-electron chi connectivity index (χ4n) is 9.46. The molecule has 3 amide bonds. The Morgan fingerprint density at radius 2 is 1.65 bits per heavy atom. The number of piperidine rings is 1. The van der Waals surface area contributed by atoms with E-state index in [1.165, 1.54) is 5.19 Å². The van der Waals surface area contributed by atoms with Crippen molar-refractivity contribution in [3.8, 4) is 11.5 Å². The molecule has 0 bridgehead atoms. The van der Waals surface area contributed by atoms with Crippen molar-refractivity contribution in [2.45, 2.75) is 88.4 Å². The molecule has 0 saturated carbocycles. The second-order valence-corrected chi connectivity index (χ2v) is 20.1. The zero-order valence-corrected chi connectivity index (χ0v) is 32.0. The number of likely N-dealkylation sites (tertiary alicyclic amines) is 1. The van der Waals surface area contributed by atoms with Crippen LogP contribution in [0.25, 0.3) is 0 Å². The third-order valence-electron chi connectivity index (χ3n) is 12.2. The van der Waals surface area contributed by atoms with Crippen LogP contribution >= 0.6 is 0 Å². The summed E-state index contributed by atoms with van der Waals surface area (Å²) in [5, 5.41) is 11.2. The highest BCUT2D eigenvalue weighted by atomic mass is 28.3. The van der Waals surface area contributed by atoms with E-state index < -0.39 is 19.8 Å². The second kappa shape index (κ2) is 14.3. The van der Waals surface area contributed by atoms with Gasteiger partial charge in [-0.15, -0.1) is 0 Å². The molecule has 1 spiro atoms. The van der Waals surface area contributed by atoms with Crippen molar-refractivity contribution < 1.29 is 33.7 Å². The first-order valence-electron chi connectivity index (χ1n) is 18.7. The van der Waals surface area contributed by atoms with Crippen molar-refractivity contribution in [3.05, 3.63) is 77.9 Å². The summed E-state index contributed by atoms with van der Waals surface area (Å²) < 4.78 is 18.4. The molecule has 52 heavy (non-hydrogen) atoms. The lowest BCUT2D eigenvalue weighted by Crippen LogP contribution is -2.52. The third-order valence-corrected chi connectivity index (χ3v) is 16.6. The summed E-state index contributed by atoms with van der Waals surface area (Å²) >= 11 is 0. The fourth-order valence-corrected chi connectivity index (χ4v) is 13.5. The van der Waals surface area contributed by atoms with Gasteiger partial charge in [0.2, 0.25) is 11.8 Å². The lowest BCUT2D eigenvalue weighted by atomic mass is 9.82. The van der Waals surface area contributed by atoms with E-state index in [4.69, 9.17) is 14.2 Å². The van der Waals surface area contributed by atoms with Crippen LogP contribution in [0.2, 0.25) is 18.6 Å². The van der Waals surface area contributed by atoms with Crippen LogP contribution in [-0.2, 0) is 31.3 Å². The number of carbonyl (C=O) groups is 3. The van der Waals surface area contributed by atoms with E-state index in [0.29, 0.717) is 25.3 Å². The van der Waals surface area contributed by atoms with Crippen LogP contribution in [0.3, 0.4) is 0 Å². The third kappa shape index (κ3) is 6.10. The zero-order chi connectivity index (χ0) is 36.8. The summed E-state index contributed by atoms with van der Waals surface area (Å²) in [5.41, 5.74) is 1.89. The first-order chi connectivity index (χ1) is 25.0. The quantitative estimate of drug-likeness (QED) is 0.281. The first kappa shape index (κ1) is 36.2. The fraction of sp³-hybridized carbons (Fsp3) is 0.488. The summed E-state index contributed by atoms with van der Waals surface area (Å²) in [4.78, 5) is 47.3. The van der Waals surface area contributed by atoms with Crippen molar-refractivity contribution in [1.82, 2.24) is 4.90 Å². The van der Waals surface area contributed by atoms with Gasteiger partial charge >= 0.3 is 0 Å². The normalized spacial score (nSPS) is 26.0. The molecule has 3 fully saturated rings. The Labute approximate surface area is 307 Å². The van der Waals surface area contributed by atoms with E-state index in [1.807, 2.05) is 64.4 Å². The van der Waals surface area contributed by atoms with E-state index >= 15 is 4.79 Å². The highest BCUT2D eigenvalue weighted by molar-refractivity contribution is 6.91. The van der Waals surface area contributed by atoms with E-state index in [1.54, 1.807) is 19.1 Å². The van der Waals surface area contributed by atoms with Crippen LogP contribution in [0.1, 0.15) is 56.6 Å². The number of carbonyl (C=O) groups excluding carboxylic acids is 3. The average molecular weight is 726 g/mol. The number of amides is 3. The van der Waals surface area contributed by atoms with Crippen LogP contribution < -0.4 is 24.5 Å². The standard InChI is InChI=1S/C41H51N3O7Si/c1-27-39(52(4,5)33-18-15-31(49-2)16-19-33)36(24-38(47)43-22-8-9-30(43)26-45)51-41(27)34-23-32(50-3)17-20-35(34)44(40(41)48)25-28-11-13-29(14-12-28)42-21-7-6-10-37(42)46/h11-20,23,27,30,36,39,45H,6-10,21-22,24-26H2,1-5H3/t27-,30-,36+,39-,41+/m0/s1. The van der Waals surface area contributed by atoms with Crippen LogP contribution in [0.15, 0.2) is 66.7 Å². The molecule has 11 heteroatoms. The number of aliphatic hydroxyl groups excluding tert-OH is 1. The molecule has 3 saturated heterocycles. The van der Waals surface area contributed by atoms with Crippen molar-refractivity contribution in [2.24, 2.45) is 5.92 Å². The predicted octanol–water partition coefficient (Wildman–Crippen LogP) is 5.36. The number of hydrogen-bond acceptors (Lipinski definition) is 7. The summed E-state index contributed by atoms with van der Waals surface area (Å²) in [6.45, 7) is 8.32. The van der Waals surface area contributed by atoms with Gasteiger partial charge < -0.3 is 34.0 Å². The van der Waals surface area contributed by atoms with Crippen molar-refractivity contribution in [2.75, 3.05) is 43.7 Å². The van der Waals surface area contributed by atoms with Gasteiger partial charge in [0.1, 0.15) is 11.5 Å². The summed E-state index contributed by atoms with van der Waals surface area (Å²) in [5.74, 6) is 1.08. The lowest BCUT2D eigenvalue weighted by Gasteiger charge is -2.37. The summed E-state index contributed by atoms with van der Waals surface area (Å²) in [6, 6.07) is 21.7. The molecule has 5 atom stereocenters. The lowest BCUT2D eigenvalue weighted by molar-refractivity contribution is -0.150. The van der Waals surface area contributed by atoms with Crippen LogP contribution in [0.4, 0.5) is 11.4 Å². The predicted molar refractivity (Wildman–Crippen MR) is 203 cm³/mol. The molecular formula is C41H51N3O7Si. The number of methoxy groups -OCH3 is 2. The van der Waals surface area contributed by atoms with E-state index in [0.717, 1.165) is 60.5 Å². The molecule has 0 radical (unpaired) electrons. The van der Waals surface area contributed by atoms with Crippen molar-refractivity contribution in [3.63, 3.8) is 0 Å². The van der Waals surface area contributed by atoms with Crippen LogP contribution in [0.5, 0.6) is 11.5 Å². The van der Waals surface area contributed by atoms with Gasteiger partial charge in [0.05, 0.1) is 59.7 Å². The van der Waals surface area contributed by atoms with Gasteiger partial charge in [-0.05, 0) is 79.3 Å². The maximum atomic E-state index is 15.2. The number of nitrogens with zero attached hydrogens (tertiary/aromatic N) is 3. The smallest absolute Gasteiger partial charge is 0.264 e. The number of anilines is 2. The largest absolute Gasteiger partial charge is 0.497 e. The number of ether oxygens (including phenoxy) is 3. The van der Waals surface area contributed by atoms with Gasteiger partial charge in [-0.1, -0.05) is 49.5 Å². The Bertz CT molecular complexity index is 1820.